The van der Waals surface area contributed by atoms with Gasteiger partial charge in [0.1, 0.15) is 11.5 Å². The van der Waals surface area contributed by atoms with E-state index >= 15 is 0 Å². The third-order valence-electron chi connectivity index (χ3n) is 24.9. The van der Waals surface area contributed by atoms with Gasteiger partial charge in [0.2, 0.25) is 35.6 Å². The molecule has 5 aromatic heterocycles. The van der Waals surface area contributed by atoms with Crippen LogP contribution in [0.5, 0.6) is 11.5 Å². The fraction of sp³-hybridized carbons (Fsp3) is 0.242. The van der Waals surface area contributed by atoms with Gasteiger partial charge < -0.3 is 61.6 Å². The zero-order chi connectivity index (χ0) is 102. The Bertz CT molecular complexity index is 7190. The van der Waals surface area contributed by atoms with E-state index < -0.39 is 0 Å². The van der Waals surface area contributed by atoms with Crippen molar-refractivity contribution in [2.45, 2.75) is 86.2 Å². The van der Waals surface area contributed by atoms with Crippen molar-refractivity contribution in [2.75, 3.05) is 119 Å². The van der Waals surface area contributed by atoms with Gasteiger partial charge in [-0.25, -0.2) is 49.8 Å². The lowest BCUT2D eigenvalue weighted by Crippen LogP contribution is -2.32. The largest absolute Gasteiger partial charge is 0.494 e. The number of fused-ring (bicyclic) bond motifs is 36. The molecule has 28 nitrogen and oxygen atoms in total. The first-order valence-corrected chi connectivity index (χ1v) is 50.2. The molecule has 752 valence electrons. The summed E-state index contributed by atoms with van der Waals surface area (Å²) in [5.74, 6) is 5.81. The van der Waals surface area contributed by atoms with Crippen LogP contribution < -0.4 is 52.0 Å². The maximum Gasteiger partial charge on any atom is 0.251 e. The standard InChI is InChI=1S/C27H32N4O.C24H25N5O.C24H26N4O.C23H23N5O.C22H20N4O2/c1-27(2,3)20-31-15-5-4-6-16-32-24-12-8-10-22(18-24)25-13-14-28-26(30-25)29-23-11-7-9-21(17-23)19-31;1-17-9-10-19-15-22(17)27-23(30)8-3-4-13-29(2)16-18-6-5-7-20(14-18)26-24-25-12-11-21(19)28-24;1-28-15-17-4-2-6-21(12-17)26-24-25-10-8-23(27-24)19-5-3-7-22(14-19)29-11-9-18-13-20(18)16-28;1-28-13-3-2-11-24-22(29)19-8-5-7-18(15-19)21-10-12-25-23(27-21)26-20-9-4-6-17(14-20)16-28;27-21-18-7-4-6-17(14-18)20-9-11-24-22(26-20)25-19-8-3-5-16(13-19)15-28-12-2-1-10-23-21/h4-5,7-14,17-18H,6,15-16,19-20H2,1-3H3,(H,28,29,30);3-7,9-12,14-15H,8,13,16H2,1-2H3,(H,27,30)(H,25,26,28);2-8,10,12,14,18,20H,9,11,13,15-16H2,1H3,(H,25,26,27);2-10,12,14-15H,11,13,16H2,1H3,(H,24,29)(H,25,26,27);1-9,11,13-14H,10,12,15H2,(H,23,27)(H,24,25,26)/b5-4+;4-3+;;3-2+;2-1+. The summed E-state index contributed by atoms with van der Waals surface area (Å²) < 4.78 is 17.7. The van der Waals surface area contributed by atoms with Crippen LogP contribution in [-0.4, -0.2) is 174 Å². The molecule has 148 heavy (non-hydrogen) atoms. The minimum atomic E-state index is -0.129. The number of nitrogens with one attached hydrogen (secondary N) is 8. The van der Waals surface area contributed by atoms with E-state index in [0.717, 1.165) is 203 Å². The van der Waals surface area contributed by atoms with Crippen molar-refractivity contribution in [3.05, 3.63) is 391 Å². The van der Waals surface area contributed by atoms with Gasteiger partial charge in [0.05, 0.1) is 54.9 Å². The quantitative estimate of drug-likeness (QED) is 0.0708. The summed E-state index contributed by atoms with van der Waals surface area (Å²) in [6.45, 7) is 20.3. The summed E-state index contributed by atoms with van der Waals surface area (Å²) >= 11 is 0. The van der Waals surface area contributed by atoms with E-state index in [0.29, 0.717) is 80.2 Å². The van der Waals surface area contributed by atoms with Crippen LogP contribution in [0.4, 0.5) is 63.9 Å². The van der Waals surface area contributed by atoms with Crippen molar-refractivity contribution in [1.29, 1.82) is 0 Å². The van der Waals surface area contributed by atoms with E-state index in [1.165, 1.54) is 28.7 Å². The van der Waals surface area contributed by atoms with Gasteiger partial charge in [0.25, 0.3) is 11.8 Å². The molecule has 0 spiro atoms. The second-order valence-electron chi connectivity index (χ2n) is 38.6. The second-order valence-corrected chi connectivity index (χ2v) is 38.6. The smallest absolute Gasteiger partial charge is 0.251 e. The molecule has 0 radical (unpaired) electrons. The minimum Gasteiger partial charge on any atom is -0.494 e. The number of carbonyl (C=O) groups excluding carboxylic acids is 3. The van der Waals surface area contributed by atoms with Crippen LogP contribution in [0.2, 0.25) is 0 Å². The second kappa shape index (κ2) is 51.2. The Morgan fingerprint density at radius 2 is 0.750 bits per heavy atom. The molecule has 2 atom stereocenters. The lowest BCUT2D eigenvalue weighted by molar-refractivity contribution is -0.115. The third-order valence-corrected chi connectivity index (χ3v) is 24.9. The van der Waals surface area contributed by atoms with E-state index in [-0.39, 0.29) is 23.1 Å². The number of aromatic nitrogens is 10. The Morgan fingerprint density at radius 1 is 0.358 bits per heavy atom. The molecular weight excluding hydrogens is 1850 g/mol. The number of hydrogen-bond donors (Lipinski definition) is 8. The van der Waals surface area contributed by atoms with E-state index in [1.54, 1.807) is 43.1 Å². The van der Waals surface area contributed by atoms with Crippen LogP contribution in [-0.2, 0) is 42.3 Å². The van der Waals surface area contributed by atoms with Gasteiger partial charge in [-0.3, -0.25) is 29.1 Å². The number of ether oxygens (including phenoxy) is 3. The van der Waals surface area contributed by atoms with Crippen LogP contribution in [0.25, 0.3) is 56.3 Å². The molecule has 8 N–H and O–H groups in total. The summed E-state index contributed by atoms with van der Waals surface area (Å²) in [6.07, 6.45) is 28.7. The average Bonchev–Trinajstić information content (AvgIpc) is 1.43. The molecule has 1 saturated carbocycles. The van der Waals surface area contributed by atoms with Gasteiger partial charge in [-0.15, -0.1) is 0 Å². The highest BCUT2D eigenvalue weighted by Gasteiger charge is 2.37. The predicted octanol–water partition coefficient (Wildman–Crippen LogP) is 22.7. The van der Waals surface area contributed by atoms with Crippen LogP contribution in [0.15, 0.2) is 347 Å². The minimum absolute atomic E-state index is 0.0342. The van der Waals surface area contributed by atoms with Crippen LogP contribution in [0.1, 0.15) is 101 Å². The average molecular weight is 1970 g/mol. The monoisotopic (exact) mass is 1970 g/mol. The molecule has 2 unspecified atom stereocenters. The van der Waals surface area contributed by atoms with Crippen molar-refractivity contribution in [3.8, 4) is 67.8 Å². The number of amides is 3. The number of benzene rings is 10. The number of aryl methyl sites for hydroxylation is 1. The summed E-state index contributed by atoms with van der Waals surface area (Å²) in [6, 6.07) is 87.9. The zero-order valence-electron chi connectivity index (χ0n) is 84.7. The third kappa shape index (κ3) is 31.7. The molecule has 28 heteroatoms. The van der Waals surface area contributed by atoms with Crippen molar-refractivity contribution < 1.29 is 28.6 Å². The highest BCUT2D eigenvalue weighted by atomic mass is 16.5. The molecule has 30 bridgehead atoms. The first-order valence-electron chi connectivity index (χ1n) is 50.2. The number of carbonyl (C=O) groups is 3. The van der Waals surface area contributed by atoms with Crippen LogP contribution in [0, 0.1) is 24.2 Å². The van der Waals surface area contributed by atoms with Crippen molar-refractivity contribution in [1.82, 2.24) is 80.1 Å². The molecule has 0 saturated heterocycles. The number of rotatable bonds is 1. The molecule has 10 aromatic carbocycles. The summed E-state index contributed by atoms with van der Waals surface area (Å²) in [5.41, 5.74) is 22.7. The van der Waals surface area contributed by atoms with Gasteiger partial charge in [-0.2, -0.15) is 0 Å². The van der Waals surface area contributed by atoms with E-state index in [2.05, 4.69) is 247 Å². The number of nitrogens with zero attached hydrogens (tertiary/aromatic N) is 14. The number of hydrogen-bond acceptors (Lipinski definition) is 25. The lowest BCUT2D eigenvalue weighted by atomic mass is 9.95. The highest BCUT2D eigenvalue weighted by Crippen LogP contribution is 2.42. The van der Waals surface area contributed by atoms with Gasteiger partial charge in [0, 0.05) is 182 Å². The first-order chi connectivity index (χ1) is 72.2. The van der Waals surface area contributed by atoms with Crippen molar-refractivity contribution >= 4 is 81.6 Å². The summed E-state index contributed by atoms with van der Waals surface area (Å²) in [5, 5.41) is 25.4. The Hall–Kier alpha value is -16.6. The van der Waals surface area contributed by atoms with Gasteiger partial charge >= 0.3 is 0 Å². The molecule has 1 aliphatic carbocycles. The highest BCUT2D eigenvalue weighted by molar-refractivity contribution is 5.96. The fourth-order valence-corrected chi connectivity index (χ4v) is 17.7. The van der Waals surface area contributed by atoms with E-state index in [1.807, 2.05) is 207 Å². The summed E-state index contributed by atoms with van der Waals surface area (Å²) in [7, 11) is 6.34. The molecule has 3 amide bonds. The molecule has 21 rings (SSSR count). The predicted molar refractivity (Wildman–Crippen MR) is 590 cm³/mol. The summed E-state index contributed by atoms with van der Waals surface area (Å²) in [4.78, 5) is 91.7. The Morgan fingerprint density at radius 3 is 1.22 bits per heavy atom. The van der Waals surface area contributed by atoms with Crippen molar-refractivity contribution in [2.24, 2.45) is 17.3 Å². The van der Waals surface area contributed by atoms with Crippen LogP contribution in [0.3, 0.4) is 0 Å². The van der Waals surface area contributed by atoms with E-state index in [9.17, 15) is 14.4 Å². The Kier molecular flexibility index (Phi) is 35.6. The van der Waals surface area contributed by atoms with Crippen molar-refractivity contribution in [3.63, 3.8) is 0 Å². The molecule has 6 aliphatic rings. The molecule has 15 aromatic rings. The Labute approximate surface area is 866 Å². The zero-order valence-corrected chi connectivity index (χ0v) is 84.7. The normalized spacial score (nSPS) is 17.1. The fourth-order valence-electron chi connectivity index (χ4n) is 17.7. The van der Waals surface area contributed by atoms with Gasteiger partial charge in [-0.05, 0) is 244 Å². The SMILES string of the molecule is CC(C)(C)CN1C/C=C/CCOc2cccc(c2)-c2ccnc(n2)Nc2cccc(c2)C1.CN1C/C=C/CNC(=O)c2cccc(c2)-c2ccnc(n2)Nc2cccc(c2)C1.CN1Cc2cccc(c2)Nc2nccc(n2)-c2cccc(c2)OCCC2CC2C1.Cc1ccc2cc1NC(=O)C/C=C/CN(C)Cc1cccc(c1)Nc1nccc-2n1.O=C1NC/C=C/COCc2cccc(c2)Nc2nccc(n2)-c2cccc1c2. The molecule has 5 aliphatic heterocycles. The molecule has 10 heterocycles. The molecular formula is C120H126N22O6. The first kappa shape index (κ1) is 103. The maximum atomic E-state index is 12.5. The van der Waals surface area contributed by atoms with E-state index in [4.69, 9.17) is 24.2 Å². The van der Waals surface area contributed by atoms with Gasteiger partial charge in [-0.1, -0.05) is 191 Å². The topological polar surface area (TPSA) is 317 Å². The van der Waals surface area contributed by atoms with Crippen LogP contribution >= 0.6 is 0 Å². The Balaban J connectivity index is 0.000000126. The number of likely N-dealkylation sites (N-methyl/N-ethyl adjacent to an activating group) is 2. The lowest BCUT2D eigenvalue weighted by Gasteiger charge is -2.29. The number of anilines is 11. The maximum absolute atomic E-state index is 12.5. The molecule has 1 fully saturated rings. The van der Waals surface area contributed by atoms with Gasteiger partial charge in [0.15, 0.2) is 0 Å².